The standard InChI is InChI=1S/C32H39F3N8O3S/c1-21(2)47(44,45)28-7-5-4-6-25(28)37-30-29-26(10-13-36-29)39-31(40-30)38-24-9-8-23(20-27(24)46-32(33,34)35)42-14-11-22(12-15-42)43-18-16-41(3)17-19-43/h4-10,13,20-22,36H,11-12,14-19H2,1-3H3,(H2,37,38,39,40). The zero-order valence-corrected chi connectivity index (χ0v) is 27.3. The lowest BCUT2D eigenvalue weighted by molar-refractivity contribution is -0.274. The summed E-state index contributed by atoms with van der Waals surface area (Å²) in [5, 5.41) is 5.34. The summed E-state index contributed by atoms with van der Waals surface area (Å²) in [5.41, 5.74) is 1.94. The maximum Gasteiger partial charge on any atom is 0.573 e. The van der Waals surface area contributed by atoms with Crippen molar-refractivity contribution in [3.05, 3.63) is 54.7 Å². The number of benzene rings is 2. The average Bonchev–Trinajstić information content (AvgIpc) is 3.51. The van der Waals surface area contributed by atoms with Crippen molar-refractivity contribution in [2.24, 2.45) is 0 Å². The summed E-state index contributed by atoms with van der Waals surface area (Å²) in [6, 6.07) is 13.3. The first-order valence-corrected chi connectivity index (χ1v) is 17.2. The summed E-state index contributed by atoms with van der Waals surface area (Å²) < 4.78 is 71.4. The number of hydrogen-bond acceptors (Lipinski definition) is 10. The predicted molar refractivity (Wildman–Crippen MR) is 177 cm³/mol. The van der Waals surface area contributed by atoms with Gasteiger partial charge >= 0.3 is 6.36 Å². The highest BCUT2D eigenvalue weighted by atomic mass is 32.2. The fraction of sp³-hybridized carbons (Fsp3) is 0.438. The molecular weight excluding hydrogens is 633 g/mol. The molecule has 0 bridgehead atoms. The number of piperidine rings is 1. The quantitative estimate of drug-likeness (QED) is 0.203. The van der Waals surface area contributed by atoms with Gasteiger partial charge in [-0.1, -0.05) is 12.1 Å². The molecule has 15 heteroatoms. The maximum atomic E-state index is 13.6. The van der Waals surface area contributed by atoms with Crippen LogP contribution in [0.1, 0.15) is 26.7 Å². The average molecular weight is 673 g/mol. The highest BCUT2D eigenvalue weighted by molar-refractivity contribution is 7.92. The summed E-state index contributed by atoms with van der Waals surface area (Å²) >= 11 is 0. The minimum absolute atomic E-state index is 0.00318. The number of fused-ring (bicyclic) bond motifs is 1. The van der Waals surface area contributed by atoms with Crippen LogP contribution in [0.15, 0.2) is 59.6 Å². The number of sulfone groups is 1. The van der Waals surface area contributed by atoms with E-state index in [4.69, 9.17) is 0 Å². The lowest BCUT2D eigenvalue weighted by atomic mass is 10.0. The van der Waals surface area contributed by atoms with Crippen LogP contribution in [0.5, 0.6) is 5.75 Å². The minimum atomic E-state index is -4.92. The molecule has 2 aromatic heterocycles. The van der Waals surface area contributed by atoms with E-state index in [2.05, 4.69) is 52.1 Å². The molecular formula is C32H39F3N8O3S. The first-order chi connectivity index (χ1) is 22.4. The predicted octanol–water partition coefficient (Wildman–Crippen LogP) is 5.74. The molecule has 3 N–H and O–H groups in total. The maximum absolute atomic E-state index is 13.6. The second-order valence-electron chi connectivity index (χ2n) is 12.3. The first kappa shape index (κ1) is 32.8. The third-order valence-electron chi connectivity index (χ3n) is 8.79. The van der Waals surface area contributed by atoms with Crippen LogP contribution in [0, 0.1) is 0 Å². The van der Waals surface area contributed by atoms with E-state index in [-0.39, 0.29) is 22.3 Å². The van der Waals surface area contributed by atoms with Crippen molar-refractivity contribution in [3.8, 4) is 5.75 Å². The van der Waals surface area contributed by atoms with Gasteiger partial charge in [-0.3, -0.25) is 4.90 Å². The van der Waals surface area contributed by atoms with Gasteiger partial charge in [-0.25, -0.2) is 13.4 Å². The molecule has 0 radical (unpaired) electrons. The molecule has 0 saturated carbocycles. The highest BCUT2D eigenvalue weighted by Gasteiger charge is 2.33. The van der Waals surface area contributed by atoms with Crippen LogP contribution in [0.2, 0.25) is 0 Å². The number of H-pyrrole nitrogens is 1. The topological polar surface area (TPSA) is 119 Å². The number of likely N-dealkylation sites (N-methyl/N-ethyl adjacent to an activating group) is 1. The zero-order chi connectivity index (χ0) is 33.3. The van der Waals surface area contributed by atoms with Crippen molar-refractivity contribution in [1.29, 1.82) is 0 Å². The van der Waals surface area contributed by atoms with Crippen LogP contribution in [-0.2, 0) is 9.84 Å². The second-order valence-corrected chi connectivity index (χ2v) is 14.7. The van der Waals surface area contributed by atoms with Gasteiger partial charge in [0.1, 0.15) is 5.52 Å². The van der Waals surface area contributed by atoms with Crippen LogP contribution in [0.25, 0.3) is 11.0 Å². The Balaban J connectivity index is 1.25. The molecule has 0 unspecified atom stereocenters. The summed E-state index contributed by atoms with van der Waals surface area (Å²) in [6.07, 6.45) is -1.42. The van der Waals surface area contributed by atoms with Gasteiger partial charge in [-0.05, 0) is 64.1 Å². The Bertz CT molecular complexity index is 1820. The third-order valence-corrected chi connectivity index (χ3v) is 11.0. The summed E-state index contributed by atoms with van der Waals surface area (Å²) in [5.74, 6) is -0.166. The number of piperazine rings is 1. The van der Waals surface area contributed by atoms with Crippen molar-refractivity contribution in [3.63, 3.8) is 0 Å². The van der Waals surface area contributed by atoms with Crippen molar-refractivity contribution in [2.45, 2.75) is 49.2 Å². The van der Waals surface area contributed by atoms with Gasteiger partial charge in [0.25, 0.3) is 0 Å². The number of hydrogen-bond donors (Lipinski definition) is 3. The number of aromatic amines is 1. The first-order valence-electron chi connectivity index (χ1n) is 15.7. The van der Waals surface area contributed by atoms with E-state index in [0.717, 1.165) is 52.1 Å². The Hall–Kier alpha value is -4.08. The number of halogens is 3. The Morgan fingerprint density at radius 1 is 0.936 bits per heavy atom. The monoisotopic (exact) mass is 672 g/mol. The van der Waals surface area contributed by atoms with Crippen molar-refractivity contribution >= 4 is 49.7 Å². The molecule has 0 atom stereocenters. The van der Waals surface area contributed by atoms with Gasteiger partial charge in [-0.15, -0.1) is 13.2 Å². The van der Waals surface area contributed by atoms with Gasteiger partial charge < -0.3 is 30.2 Å². The Morgan fingerprint density at radius 3 is 2.36 bits per heavy atom. The number of nitrogens with one attached hydrogen (secondary N) is 3. The second kappa shape index (κ2) is 13.2. The van der Waals surface area contributed by atoms with Gasteiger partial charge in [0.2, 0.25) is 5.95 Å². The number of para-hydroxylation sites is 1. The van der Waals surface area contributed by atoms with Crippen molar-refractivity contribution < 1.29 is 26.3 Å². The van der Waals surface area contributed by atoms with E-state index >= 15 is 0 Å². The summed E-state index contributed by atoms with van der Waals surface area (Å²) in [4.78, 5) is 19.1. The molecule has 4 aromatic rings. The molecule has 0 aliphatic carbocycles. The molecule has 2 saturated heterocycles. The van der Waals surface area contributed by atoms with E-state index < -0.39 is 27.2 Å². The van der Waals surface area contributed by atoms with Crippen LogP contribution >= 0.6 is 0 Å². The Morgan fingerprint density at radius 2 is 1.66 bits per heavy atom. The molecule has 47 heavy (non-hydrogen) atoms. The molecule has 2 aliphatic rings. The lowest BCUT2D eigenvalue weighted by Gasteiger charge is -2.42. The molecule has 11 nitrogen and oxygen atoms in total. The Kier molecular flexibility index (Phi) is 9.23. The fourth-order valence-electron chi connectivity index (χ4n) is 6.11. The molecule has 0 spiro atoms. The molecule has 2 aromatic carbocycles. The molecule has 2 fully saturated rings. The molecule has 4 heterocycles. The largest absolute Gasteiger partial charge is 0.573 e. The van der Waals surface area contributed by atoms with Gasteiger partial charge in [-0.2, -0.15) is 4.98 Å². The number of anilines is 5. The van der Waals surface area contributed by atoms with Crippen molar-refractivity contribution in [2.75, 3.05) is 61.8 Å². The van der Waals surface area contributed by atoms with E-state index in [1.165, 1.54) is 18.2 Å². The van der Waals surface area contributed by atoms with Gasteiger partial charge in [0.05, 0.1) is 27.0 Å². The fourth-order valence-corrected chi connectivity index (χ4v) is 7.31. The van der Waals surface area contributed by atoms with Crippen LogP contribution in [0.3, 0.4) is 0 Å². The van der Waals surface area contributed by atoms with E-state index in [1.807, 2.05) is 0 Å². The SMILES string of the molecule is CC(C)S(=O)(=O)c1ccccc1Nc1nc(Nc2ccc(N3CCC(N4CCN(C)CC4)CC3)cc2OC(F)(F)F)nc2cc[nH]c12. The normalized spacial score (nSPS) is 17.4. The molecule has 252 valence electrons. The number of ether oxygens (including phenoxy) is 1. The summed E-state index contributed by atoms with van der Waals surface area (Å²) in [6.45, 7) is 8.80. The minimum Gasteiger partial charge on any atom is -0.403 e. The molecule has 6 rings (SSSR count). The van der Waals surface area contributed by atoms with Gasteiger partial charge in [0.15, 0.2) is 21.4 Å². The lowest BCUT2D eigenvalue weighted by Crippen LogP contribution is -2.52. The van der Waals surface area contributed by atoms with E-state index in [9.17, 15) is 21.6 Å². The third kappa shape index (κ3) is 7.41. The molecule has 2 aliphatic heterocycles. The highest BCUT2D eigenvalue weighted by Crippen LogP contribution is 2.37. The Labute approximate surface area is 272 Å². The van der Waals surface area contributed by atoms with Crippen LogP contribution in [-0.4, -0.2) is 97.1 Å². The number of aromatic nitrogens is 3. The van der Waals surface area contributed by atoms with Crippen LogP contribution < -0.4 is 20.3 Å². The summed E-state index contributed by atoms with van der Waals surface area (Å²) in [7, 11) is -1.51. The van der Waals surface area contributed by atoms with Crippen molar-refractivity contribution in [1.82, 2.24) is 24.8 Å². The zero-order valence-electron chi connectivity index (χ0n) is 26.5. The van der Waals surface area contributed by atoms with E-state index in [0.29, 0.717) is 28.5 Å². The van der Waals surface area contributed by atoms with Crippen LogP contribution in [0.4, 0.5) is 42.0 Å². The van der Waals surface area contributed by atoms with Gasteiger partial charge in [0, 0.05) is 63.3 Å². The number of rotatable bonds is 9. The molecule has 0 amide bonds. The number of nitrogens with zero attached hydrogens (tertiary/aromatic N) is 5. The number of alkyl halides is 3. The van der Waals surface area contributed by atoms with E-state index in [1.54, 1.807) is 50.4 Å². The smallest absolute Gasteiger partial charge is 0.403 e.